The molecule has 0 unspecified atom stereocenters. The first-order chi connectivity index (χ1) is 15.3. The highest BCUT2D eigenvalue weighted by Gasteiger charge is 2.24. The number of aromatic amines is 1. The van der Waals surface area contributed by atoms with Gasteiger partial charge in [0, 0.05) is 24.8 Å². The molecule has 6 nitrogen and oxygen atoms in total. The average molecular weight is 443 g/mol. The molecule has 0 aliphatic carbocycles. The van der Waals surface area contributed by atoms with Crippen LogP contribution in [0.15, 0.2) is 48.5 Å². The van der Waals surface area contributed by atoms with Gasteiger partial charge in [0.2, 0.25) is 0 Å². The fourth-order valence-electron chi connectivity index (χ4n) is 3.51. The van der Waals surface area contributed by atoms with Gasteiger partial charge >= 0.3 is 0 Å². The molecule has 0 aliphatic rings. The zero-order valence-electron chi connectivity index (χ0n) is 18.2. The van der Waals surface area contributed by atoms with Crippen molar-refractivity contribution in [2.45, 2.75) is 45.4 Å². The number of rotatable bonds is 10. The number of aliphatic hydroxyl groups excluding tert-OH is 1. The van der Waals surface area contributed by atoms with E-state index in [0.29, 0.717) is 12.1 Å². The van der Waals surface area contributed by atoms with Gasteiger partial charge in [-0.2, -0.15) is 5.10 Å². The van der Waals surface area contributed by atoms with Crippen LogP contribution >= 0.6 is 0 Å². The van der Waals surface area contributed by atoms with Crippen LogP contribution < -0.4 is 10.6 Å². The van der Waals surface area contributed by atoms with E-state index in [4.69, 9.17) is 0 Å². The molecule has 3 rings (SSSR count). The number of hydrogen-bond acceptors (Lipinski definition) is 4. The minimum absolute atomic E-state index is 0.0536. The summed E-state index contributed by atoms with van der Waals surface area (Å²) in [6, 6.07) is 12.1. The Morgan fingerprint density at radius 2 is 1.81 bits per heavy atom. The van der Waals surface area contributed by atoms with E-state index in [-0.39, 0.29) is 18.7 Å². The van der Waals surface area contributed by atoms with Crippen molar-refractivity contribution < 1.29 is 18.7 Å². The predicted octanol–water partition coefficient (Wildman–Crippen LogP) is 3.05. The van der Waals surface area contributed by atoms with Crippen molar-refractivity contribution in [3.05, 3.63) is 88.2 Å². The maximum absolute atomic E-state index is 13.6. The molecule has 0 saturated heterocycles. The van der Waals surface area contributed by atoms with Gasteiger partial charge in [-0.1, -0.05) is 31.2 Å². The van der Waals surface area contributed by atoms with Crippen LogP contribution in [0.3, 0.4) is 0 Å². The summed E-state index contributed by atoms with van der Waals surface area (Å²) < 4.78 is 27.3. The molecule has 8 heteroatoms. The first-order valence-electron chi connectivity index (χ1n) is 10.6. The Morgan fingerprint density at radius 3 is 2.47 bits per heavy atom. The smallest absolute Gasteiger partial charge is 0.272 e. The van der Waals surface area contributed by atoms with Crippen LogP contribution in [0, 0.1) is 18.6 Å². The molecular weight excluding hydrogens is 414 g/mol. The highest BCUT2D eigenvalue weighted by molar-refractivity contribution is 5.92. The monoisotopic (exact) mass is 442 g/mol. The summed E-state index contributed by atoms with van der Waals surface area (Å²) in [5.74, 6) is -1.90. The van der Waals surface area contributed by atoms with Crippen LogP contribution in [0.25, 0.3) is 0 Å². The fraction of sp³-hybridized carbons (Fsp3) is 0.333. The molecule has 2 aromatic carbocycles. The summed E-state index contributed by atoms with van der Waals surface area (Å²) in [5.41, 5.74) is 3.53. The Morgan fingerprint density at radius 1 is 1.09 bits per heavy atom. The Kier molecular flexibility index (Phi) is 8.08. The lowest BCUT2D eigenvalue weighted by molar-refractivity contribution is 0.0825. The molecule has 3 aromatic rings. The van der Waals surface area contributed by atoms with Crippen molar-refractivity contribution >= 4 is 5.91 Å². The van der Waals surface area contributed by atoms with E-state index in [0.717, 1.165) is 23.7 Å². The van der Waals surface area contributed by atoms with Crippen molar-refractivity contribution in [2.75, 3.05) is 6.54 Å². The molecule has 170 valence electrons. The normalized spacial score (nSPS) is 13.0. The van der Waals surface area contributed by atoms with Gasteiger partial charge in [0.1, 0.15) is 17.3 Å². The summed E-state index contributed by atoms with van der Waals surface area (Å²) in [5, 5.41) is 23.3. The summed E-state index contributed by atoms with van der Waals surface area (Å²) in [6.45, 7) is 4.57. The Balaban J connectivity index is 1.68. The van der Waals surface area contributed by atoms with Crippen LogP contribution in [0.2, 0.25) is 0 Å². The molecule has 2 atom stereocenters. The van der Waals surface area contributed by atoms with Crippen molar-refractivity contribution in [1.29, 1.82) is 0 Å². The lowest BCUT2D eigenvalue weighted by atomic mass is 10.00. The third-order valence-electron chi connectivity index (χ3n) is 5.18. The topological polar surface area (TPSA) is 90.0 Å². The number of aromatic nitrogens is 2. The number of carbonyl (C=O) groups is 1. The summed E-state index contributed by atoms with van der Waals surface area (Å²) in [4.78, 5) is 12.6. The van der Waals surface area contributed by atoms with Gasteiger partial charge in [0.25, 0.3) is 5.91 Å². The fourth-order valence-corrected chi connectivity index (χ4v) is 3.51. The number of aliphatic hydroxyl groups is 1. The molecule has 0 fully saturated rings. The lowest BCUT2D eigenvalue weighted by Gasteiger charge is -2.24. The summed E-state index contributed by atoms with van der Waals surface area (Å²) in [7, 11) is 0. The second kappa shape index (κ2) is 11.0. The van der Waals surface area contributed by atoms with Crippen molar-refractivity contribution in [1.82, 2.24) is 20.8 Å². The molecular formula is C24H28F2N4O2. The molecule has 0 spiro atoms. The van der Waals surface area contributed by atoms with E-state index in [2.05, 4.69) is 39.9 Å². The Bertz CT molecular complexity index is 1030. The number of H-pyrrole nitrogens is 1. The van der Waals surface area contributed by atoms with Crippen LogP contribution in [0.5, 0.6) is 0 Å². The maximum Gasteiger partial charge on any atom is 0.272 e. The van der Waals surface area contributed by atoms with E-state index >= 15 is 0 Å². The van der Waals surface area contributed by atoms with Gasteiger partial charge in [0.05, 0.1) is 12.1 Å². The largest absolute Gasteiger partial charge is 0.390 e. The summed E-state index contributed by atoms with van der Waals surface area (Å²) in [6.07, 6.45) is -0.0148. The molecule has 0 saturated carbocycles. The van der Waals surface area contributed by atoms with Crippen LogP contribution in [-0.4, -0.2) is 39.9 Å². The number of carbonyl (C=O) groups excluding carboxylic acids is 1. The molecule has 32 heavy (non-hydrogen) atoms. The minimum atomic E-state index is -1.00. The standard InChI is InChI=1S/C24H28F2N4O2/c1-3-16-5-4-6-17(8-16)13-27-14-23(31)21(11-18-9-19(25)12-20(26)10-18)28-24(32)22-7-15(2)29-30-22/h4-10,12,21,23,27,31H,3,11,13-14H2,1-2H3,(H,28,32)(H,29,30)/t21-,23+/m0/s1. The second-order valence-electron chi connectivity index (χ2n) is 7.87. The van der Waals surface area contributed by atoms with E-state index in [1.165, 1.54) is 17.7 Å². The molecule has 1 aromatic heterocycles. The highest BCUT2D eigenvalue weighted by Crippen LogP contribution is 2.13. The number of hydrogen-bond donors (Lipinski definition) is 4. The number of aryl methyl sites for hydroxylation is 2. The van der Waals surface area contributed by atoms with Gasteiger partial charge in [0.15, 0.2) is 0 Å². The van der Waals surface area contributed by atoms with Crippen molar-refractivity contribution in [3.63, 3.8) is 0 Å². The number of nitrogens with one attached hydrogen (secondary N) is 3. The van der Waals surface area contributed by atoms with Gasteiger partial charge in [-0.25, -0.2) is 8.78 Å². The van der Waals surface area contributed by atoms with E-state index < -0.39 is 29.7 Å². The van der Waals surface area contributed by atoms with Gasteiger partial charge in [-0.3, -0.25) is 9.89 Å². The first kappa shape index (κ1) is 23.6. The van der Waals surface area contributed by atoms with Crippen molar-refractivity contribution in [2.24, 2.45) is 0 Å². The first-order valence-corrected chi connectivity index (χ1v) is 10.6. The zero-order chi connectivity index (χ0) is 23.1. The van der Waals surface area contributed by atoms with E-state index in [9.17, 15) is 18.7 Å². The quantitative estimate of drug-likeness (QED) is 0.389. The minimum Gasteiger partial charge on any atom is -0.390 e. The van der Waals surface area contributed by atoms with Crippen molar-refractivity contribution in [3.8, 4) is 0 Å². The number of benzene rings is 2. The Labute approximate surface area is 186 Å². The molecule has 1 heterocycles. The van der Waals surface area contributed by atoms with Gasteiger partial charge < -0.3 is 15.7 Å². The Hall–Kier alpha value is -3.10. The predicted molar refractivity (Wildman–Crippen MR) is 118 cm³/mol. The van der Waals surface area contributed by atoms with Crippen LogP contribution in [0.4, 0.5) is 8.78 Å². The molecule has 0 radical (unpaired) electrons. The van der Waals surface area contributed by atoms with Gasteiger partial charge in [-0.05, 0) is 54.7 Å². The third-order valence-corrected chi connectivity index (χ3v) is 5.18. The zero-order valence-corrected chi connectivity index (χ0v) is 18.2. The number of nitrogens with zero attached hydrogens (tertiary/aromatic N) is 1. The molecule has 4 N–H and O–H groups in total. The lowest BCUT2D eigenvalue weighted by Crippen LogP contribution is -2.48. The maximum atomic E-state index is 13.6. The van der Waals surface area contributed by atoms with Crippen LogP contribution in [0.1, 0.15) is 39.8 Å². The van der Waals surface area contributed by atoms with E-state index in [1.54, 1.807) is 13.0 Å². The SMILES string of the molecule is CCc1cccc(CNC[C@@H](O)[C@H](Cc2cc(F)cc(F)c2)NC(=O)c2cc(C)[nH]n2)c1. The molecule has 0 aliphatic heterocycles. The number of amides is 1. The molecule has 1 amide bonds. The average Bonchev–Trinajstić information content (AvgIpc) is 3.19. The second-order valence-corrected chi connectivity index (χ2v) is 7.87. The van der Waals surface area contributed by atoms with Gasteiger partial charge in [-0.15, -0.1) is 0 Å². The van der Waals surface area contributed by atoms with Crippen LogP contribution in [-0.2, 0) is 19.4 Å². The van der Waals surface area contributed by atoms with E-state index in [1.807, 2.05) is 12.1 Å². The third kappa shape index (κ3) is 6.70. The molecule has 0 bridgehead atoms. The summed E-state index contributed by atoms with van der Waals surface area (Å²) >= 11 is 0. The highest BCUT2D eigenvalue weighted by atomic mass is 19.1. The number of halogens is 2.